The standard InChI is InChI=1S/C13H14ClN3/c1-9-5-10(7-17-6-9)13(15-2)11-3-4-16-8-12(11)14/h3-8,13,15H,1-2H3. The van der Waals surface area contributed by atoms with E-state index in [9.17, 15) is 0 Å². The molecule has 0 aliphatic rings. The Bertz CT molecular complexity index is 514. The third-order valence-electron chi connectivity index (χ3n) is 2.63. The highest BCUT2D eigenvalue weighted by atomic mass is 35.5. The van der Waals surface area contributed by atoms with Gasteiger partial charge >= 0.3 is 0 Å². The summed E-state index contributed by atoms with van der Waals surface area (Å²) in [4.78, 5) is 8.21. The summed E-state index contributed by atoms with van der Waals surface area (Å²) >= 11 is 6.16. The lowest BCUT2D eigenvalue weighted by Crippen LogP contribution is -2.18. The second-order valence-electron chi connectivity index (χ2n) is 3.91. The highest BCUT2D eigenvalue weighted by Crippen LogP contribution is 2.27. The highest BCUT2D eigenvalue weighted by Gasteiger charge is 2.15. The number of aryl methyl sites for hydroxylation is 1. The molecule has 0 radical (unpaired) electrons. The Labute approximate surface area is 106 Å². The van der Waals surface area contributed by atoms with E-state index in [1.165, 1.54) is 0 Å². The van der Waals surface area contributed by atoms with Crippen molar-refractivity contribution in [3.63, 3.8) is 0 Å². The maximum absolute atomic E-state index is 6.16. The van der Waals surface area contributed by atoms with E-state index in [2.05, 4.69) is 21.4 Å². The van der Waals surface area contributed by atoms with Gasteiger partial charge in [0.2, 0.25) is 0 Å². The zero-order valence-electron chi connectivity index (χ0n) is 9.81. The summed E-state index contributed by atoms with van der Waals surface area (Å²) in [5.41, 5.74) is 3.24. The van der Waals surface area contributed by atoms with Crippen molar-refractivity contribution < 1.29 is 0 Å². The Balaban J connectivity index is 2.44. The van der Waals surface area contributed by atoms with Crippen LogP contribution in [0.2, 0.25) is 5.02 Å². The maximum atomic E-state index is 6.16. The number of nitrogens with one attached hydrogen (secondary N) is 1. The molecular formula is C13H14ClN3. The van der Waals surface area contributed by atoms with Crippen molar-refractivity contribution in [2.24, 2.45) is 0 Å². The summed E-state index contributed by atoms with van der Waals surface area (Å²) < 4.78 is 0. The zero-order valence-corrected chi connectivity index (χ0v) is 10.6. The predicted octanol–water partition coefficient (Wildman–Crippen LogP) is 2.75. The molecule has 0 aliphatic heterocycles. The van der Waals surface area contributed by atoms with Crippen LogP contribution >= 0.6 is 11.6 Å². The Hall–Kier alpha value is -1.45. The number of aromatic nitrogens is 2. The van der Waals surface area contributed by atoms with Crippen LogP contribution in [0.1, 0.15) is 22.7 Å². The van der Waals surface area contributed by atoms with Gasteiger partial charge in [0.15, 0.2) is 0 Å². The van der Waals surface area contributed by atoms with Crippen LogP contribution in [0.5, 0.6) is 0 Å². The lowest BCUT2D eigenvalue weighted by Gasteiger charge is -2.18. The zero-order chi connectivity index (χ0) is 12.3. The van der Waals surface area contributed by atoms with Crippen molar-refractivity contribution in [3.8, 4) is 0 Å². The summed E-state index contributed by atoms with van der Waals surface area (Å²) in [6.07, 6.45) is 7.09. The number of rotatable bonds is 3. The van der Waals surface area contributed by atoms with Crippen LogP contribution in [0, 0.1) is 6.92 Å². The fraction of sp³-hybridized carbons (Fsp3) is 0.231. The lowest BCUT2D eigenvalue weighted by atomic mass is 10.0. The molecule has 0 spiro atoms. The number of hydrogen-bond acceptors (Lipinski definition) is 3. The maximum Gasteiger partial charge on any atom is 0.0640 e. The van der Waals surface area contributed by atoms with Gasteiger partial charge in [-0.1, -0.05) is 17.7 Å². The van der Waals surface area contributed by atoms with Gasteiger partial charge in [-0.3, -0.25) is 9.97 Å². The lowest BCUT2D eigenvalue weighted by molar-refractivity contribution is 0.687. The molecule has 0 bridgehead atoms. The monoisotopic (exact) mass is 247 g/mol. The van der Waals surface area contributed by atoms with E-state index in [4.69, 9.17) is 11.6 Å². The van der Waals surface area contributed by atoms with E-state index >= 15 is 0 Å². The number of hydrogen-bond donors (Lipinski definition) is 1. The van der Waals surface area contributed by atoms with Gasteiger partial charge in [0.1, 0.15) is 0 Å². The molecule has 0 saturated carbocycles. The van der Waals surface area contributed by atoms with E-state index in [1.54, 1.807) is 12.4 Å². The Morgan fingerprint density at radius 2 is 2.06 bits per heavy atom. The Morgan fingerprint density at radius 1 is 1.24 bits per heavy atom. The van der Waals surface area contributed by atoms with Crippen LogP contribution in [-0.4, -0.2) is 17.0 Å². The van der Waals surface area contributed by atoms with E-state index in [0.717, 1.165) is 16.7 Å². The first-order valence-corrected chi connectivity index (χ1v) is 5.78. The van der Waals surface area contributed by atoms with Gasteiger partial charge in [-0.25, -0.2) is 0 Å². The molecule has 0 fully saturated rings. The first-order valence-electron chi connectivity index (χ1n) is 5.40. The van der Waals surface area contributed by atoms with E-state index < -0.39 is 0 Å². The quantitative estimate of drug-likeness (QED) is 0.906. The molecule has 2 aromatic rings. The molecule has 17 heavy (non-hydrogen) atoms. The SMILES string of the molecule is CNC(c1cncc(C)c1)c1ccncc1Cl. The smallest absolute Gasteiger partial charge is 0.0640 e. The van der Waals surface area contributed by atoms with Crippen LogP contribution in [0.4, 0.5) is 0 Å². The molecule has 0 saturated heterocycles. The first kappa shape index (κ1) is 12.0. The highest BCUT2D eigenvalue weighted by molar-refractivity contribution is 6.31. The second-order valence-corrected chi connectivity index (χ2v) is 4.32. The van der Waals surface area contributed by atoms with Crippen molar-refractivity contribution in [1.29, 1.82) is 0 Å². The predicted molar refractivity (Wildman–Crippen MR) is 69.1 cm³/mol. The normalized spacial score (nSPS) is 12.4. The minimum Gasteiger partial charge on any atom is -0.309 e. The summed E-state index contributed by atoms with van der Waals surface area (Å²) in [5, 5.41) is 3.91. The van der Waals surface area contributed by atoms with E-state index in [-0.39, 0.29) is 6.04 Å². The van der Waals surface area contributed by atoms with E-state index in [0.29, 0.717) is 5.02 Å². The van der Waals surface area contributed by atoms with Crippen LogP contribution in [0.3, 0.4) is 0 Å². The third kappa shape index (κ3) is 2.62. The average Bonchev–Trinajstić information content (AvgIpc) is 2.33. The Morgan fingerprint density at radius 3 is 2.71 bits per heavy atom. The molecule has 1 unspecified atom stereocenters. The molecular weight excluding hydrogens is 234 g/mol. The van der Waals surface area contributed by atoms with E-state index in [1.807, 2.05) is 32.4 Å². The minimum absolute atomic E-state index is 0.0397. The molecule has 2 aromatic heterocycles. The summed E-state index contributed by atoms with van der Waals surface area (Å²) in [6.45, 7) is 2.03. The largest absolute Gasteiger partial charge is 0.309 e. The summed E-state index contributed by atoms with van der Waals surface area (Å²) in [6, 6.07) is 4.06. The van der Waals surface area contributed by atoms with Gasteiger partial charge in [0.05, 0.1) is 11.1 Å². The third-order valence-corrected chi connectivity index (χ3v) is 2.95. The molecule has 2 heterocycles. The second kappa shape index (κ2) is 5.25. The van der Waals surface area contributed by atoms with Gasteiger partial charge in [-0.2, -0.15) is 0 Å². The molecule has 0 aromatic carbocycles. The molecule has 2 rings (SSSR count). The summed E-state index contributed by atoms with van der Waals surface area (Å²) in [5.74, 6) is 0. The first-order chi connectivity index (χ1) is 8.22. The molecule has 0 aliphatic carbocycles. The molecule has 0 amide bonds. The van der Waals surface area contributed by atoms with Gasteiger partial charge < -0.3 is 5.32 Å². The number of pyridine rings is 2. The topological polar surface area (TPSA) is 37.8 Å². The molecule has 88 valence electrons. The molecule has 3 nitrogen and oxygen atoms in total. The minimum atomic E-state index is 0.0397. The fourth-order valence-corrected chi connectivity index (χ4v) is 2.09. The average molecular weight is 248 g/mol. The van der Waals surface area contributed by atoms with Gasteiger partial charge in [-0.05, 0) is 36.7 Å². The fourth-order valence-electron chi connectivity index (χ4n) is 1.86. The van der Waals surface area contributed by atoms with Crippen molar-refractivity contribution in [2.45, 2.75) is 13.0 Å². The van der Waals surface area contributed by atoms with Gasteiger partial charge in [0, 0.05) is 24.8 Å². The van der Waals surface area contributed by atoms with Crippen molar-refractivity contribution in [3.05, 3.63) is 58.6 Å². The number of halogens is 1. The molecule has 1 atom stereocenters. The van der Waals surface area contributed by atoms with Crippen molar-refractivity contribution in [1.82, 2.24) is 15.3 Å². The van der Waals surface area contributed by atoms with Gasteiger partial charge in [0.25, 0.3) is 0 Å². The Kier molecular flexibility index (Phi) is 3.71. The van der Waals surface area contributed by atoms with Crippen LogP contribution in [-0.2, 0) is 0 Å². The summed E-state index contributed by atoms with van der Waals surface area (Å²) in [7, 11) is 1.91. The molecule has 1 N–H and O–H groups in total. The van der Waals surface area contributed by atoms with Crippen LogP contribution < -0.4 is 5.32 Å². The van der Waals surface area contributed by atoms with Gasteiger partial charge in [-0.15, -0.1) is 0 Å². The van der Waals surface area contributed by atoms with Crippen molar-refractivity contribution in [2.75, 3.05) is 7.05 Å². The van der Waals surface area contributed by atoms with Crippen molar-refractivity contribution >= 4 is 11.6 Å². The molecule has 4 heteroatoms. The van der Waals surface area contributed by atoms with Crippen LogP contribution in [0.15, 0.2) is 36.9 Å². The van der Waals surface area contributed by atoms with Crippen LogP contribution in [0.25, 0.3) is 0 Å². The number of nitrogens with zero attached hydrogens (tertiary/aromatic N) is 2.